The fourth-order valence-electron chi connectivity index (χ4n) is 7.20. The highest BCUT2D eigenvalue weighted by molar-refractivity contribution is 5.89. The summed E-state index contributed by atoms with van der Waals surface area (Å²) in [5, 5.41) is 25.4. The molecule has 272 valence electrons. The van der Waals surface area contributed by atoms with Gasteiger partial charge in [-0.2, -0.15) is 0 Å². The van der Waals surface area contributed by atoms with Crippen molar-refractivity contribution in [3.8, 4) is 0 Å². The average molecular weight is 671 g/mol. The Kier molecular flexibility index (Phi) is 16.8. The van der Waals surface area contributed by atoms with Gasteiger partial charge in [0.1, 0.15) is 12.6 Å². The van der Waals surface area contributed by atoms with Gasteiger partial charge in [0, 0.05) is 32.5 Å². The van der Waals surface area contributed by atoms with Crippen LogP contribution in [0.25, 0.3) is 0 Å². The van der Waals surface area contributed by atoms with Gasteiger partial charge in [-0.15, -0.1) is 0 Å². The summed E-state index contributed by atoms with van der Waals surface area (Å²) in [6.07, 6.45) is 7.37. The third kappa shape index (κ3) is 13.1. The second kappa shape index (κ2) is 20.2. The molecule has 0 spiro atoms. The Labute approximate surface area is 290 Å². The maximum atomic E-state index is 14.2. The van der Waals surface area contributed by atoms with Gasteiger partial charge >= 0.3 is 0 Å². The topological polar surface area (TPSA) is 113 Å². The Morgan fingerprint density at radius 2 is 1.48 bits per heavy atom. The molecule has 9 nitrogen and oxygen atoms in total. The molecule has 1 aromatic rings. The van der Waals surface area contributed by atoms with Gasteiger partial charge in [0.15, 0.2) is 0 Å². The van der Waals surface area contributed by atoms with Crippen molar-refractivity contribution in [2.24, 2.45) is 23.7 Å². The first-order valence-corrected chi connectivity index (χ1v) is 18.9. The SMILES string of the molecule is CCN(CC)CCN(C)C(=O)CN(C(=O)C[C@@H](CC1CC1)C(=O)N[C@@H](CC1CCCCC1)[C@@H](O)[C@@H](O)CC(C)C)[C@@H](C)c1ccccc1. The van der Waals surface area contributed by atoms with Crippen LogP contribution >= 0.6 is 0 Å². The van der Waals surface area contributed by atoms with Crippen LogP contribution in [-0.4, -0.2) is 101 Å². The molecule has 1 aromatic carbocycles. The van der Waals surface area contributed by atoms with Crippen LogP contribution in [0.5, 0.6) is 0 Å². The van der Waals surface area contributed by atoms with Crippen molar-refractivity contribution in [2.45, 2.75) is 130 Å². The molecule has 2 fully saturated rings. The molecular weight excluding hydrogens is 604 g/mol. The number of nitrogens with one attached hydrogen (secondary N) is 1. The van der Waals surface area contributed by atoms with Crippen molar-refractivity contribution in [3.63, 3.8) is 0 Å². The molecule has 2 aliphatic rings. The molecule has 0 radical (unpaired) electrons. The molecule has 0 aromatic heterocycles. The van der Waals surface area contributed by atoms with Crippen LogP contribution in [0.15, 0.2) is 30.3 Å². The highest BCUT2D eigenvalue weighted by atomic mass is 16.3. The maximum Gasteiger partial charge on any atom is 0.242 e. The van der Waals surface area contributed by atoms with Crippen LogP contribution in [-0.2, 0) is 14.4 Å². The fraction of sp³-hybridized carbons (Fsp3) is 0.769. The van der Waals surface area contributed by atoms with Crippen LogP contribution in [0.3, 0.4) is 0 Å². The molecule has 5 atom stereocenters. The zero-order valence-electron chi connectivity index (χ0n) is 30.8. The number of carbonyl (C=O) groups is 3. The minimum absolute atomic E-state index is 0.00323. The number of rotatable bonds is 21. The van der Waals surface area contributed by atoms with E-state index in [1.807, 2.05) is 51.1 Å². The number of hydrogen-bond acceptors (Lipinski definition) is 6. The van der Waals surface area contributed by atoms with Gasteiger partial charge in [-0.05, 0) is 62.6 Å². The first kappa shape index (κ1) is 39.9. The molecule has 0 aliphatic heterocycles. The summed E-state index contributed by atoms with van der Waals surface area (Å²) in [6, 6.07) is 8.80. The van der Waals surface area contributed by atoms with E-state index >= 15 is 0 Å². The van der Waals surface area contributed by atoms with Crippen molar-refractivity contribution < 1.29 is 24.6 Å². The third-order valence-corrected chi connectivity index (χ3v) is 10.7. The predicted octanol–water partition coefficient (Wildman–Crippen LogP) is 5.41. The molecule has 0 bridgehead atoms. The zero-order chi connectivity index (χ0) is 35.2. The zero-order valence-corrected chi connectivity index (χ0v) is 30.8. The van der Waals surface area contributed by atoms with E-state index in [0.29, 0.717) is 37.6 Å². The normalized spacial score (nSPS) is 18.6. The summed E-state index contributed by atoms with van der Waals surface area (Å²) in [6.45, 7) is 13.3. The van der Waals surface area contributed by atoms with E-state index in [-0.39, 0.29) is 42.6 Å². The largest absolute Gasteiger partial charge is 0.390 e. The van der Waals surface area contributed by atoms with Crippen LogP contribution in [0.4, 0.5) is 0 Å². The van der Waals surface area contributed by atoms with Gasteiger partial charge in [-0.3, -0.25) is 14.4 Å². The van der Waals surface area contributed by atoms with E-state index in [2.05, 4.69) is 24.1 Å². The summed E-state index contributed by atoms with van der Waals surface area (Å²) >= 11 is 0. The average Bonchev–Trinajstić information content (AvgIpc) is 3.90. The number of aliphatic hydroxyl groups excluding tert-OH is 2. The quantitative estimate of drug-likeness (QED) is 0.161. The molecule has 2 saturated carbocycles. The molecule has 0 unspecified atom stereocenters. The summed E-state index contributed by atoms with van der Waals surface area (Å²) in [5.41, 5.74) is 0.933. The van der Waals surface area contributed by atoms with Gasteiger partial charge in [0.2, 0.25) is 17.7 Å². The first-order chi connectivity index (χ1) is 22.9. The Morgan fingerprint density at radius 1 is 0.854 bits per heavy atom. The lowest BCUT2D eigenvalue weighted by atomic mass is 9.82. The predicted molar refractivity (Wildman–Crippen MR) is 192 cm³/mol. The maximum absolute atomic E-state index is 14.2. The van der Waals surface area contributed by atoms with Crippen molar-refractivity contribution in [2.75, 3.05) is 39.8 Å². The van der Waals surface area contributed by atoms with E-state index in [9.17, 15) is 24.6 Å². The van der Waals surface area contributed by atoms with Crippen molar-refractivity contribution in [1.29, 1.82) is 0 Å². The van der Waals surface area contributed by atoms with Gasteiger partial charge in [-0.1, -0.05) is 103 Å². The summed E-state index contributed by atoms with van der Waals surface area (Å²) in [5.74, 6) is -0.165. The Hall–Kier alpha value is -2.49. The van der Waals surface area contributed by atoms with Crippen molar-refractivity contribution in [1.82, 2.24) is 20.0 Å². The van der Waals surface area contributed by atoms with E-state index in [0.717, 1.165) is 63.7 Å². The second-order valence-corrected chi connectivity index (χ2v) is 15.1. The lowest BCUT2D eigenvalue weighted by Crippen LogP contribution is -2.52. The first-order valence-electron chi connectivity index (χ1n) is 18.9. The molecule has 9 heteroatoms. The number of benzene rings is 1. The summed E-state index contributed by atoms with van der Waals surface area (Å²) < 4.78 is 0. The van der Waals surface area contributed by atoms with Gasteiger partial charge < -0.3 is 30.2 Å². The van der Waals surface area contributed by atoms with Crippen molar-refractivity contribution in [3.05, 3.63) is 35.9 Å². The van der Waals surface area contributed by atoms with Crippen LogP contribution in [0.2, 0.25) is 0 Å². The monoisotopic (exact) mass is 671 g/mol. The summed E-state index contributed by atoms with van der Waals surface area (Å²) in [7, 11) is 1.79. The number of hydrogen-bond donors (Lipinski definition) is 3. The molecule has 0 saturated heterocycles. The minimum Gasteiger partial charge on any atom is -0.390 e. The van der Waals surface area contributed by atoms with E-state index in [1.54, 1.807) is 16.8 Å². The van der Waals surface area contributed by atoms with Crippen molar-refractivity contribution >= 4 is 17.7 Å². The second-order valence-electron chi connectivity index (χ2n) is 15.1. The number of nitrogens with zero attached hydrogens (tertiary/aromatic N) is 3. The van der Waals surface area contributed by atoms with Gasteiger partial charge in [0.25, 0.3) is 0 Å². The van der Waals surface area contributed by atoms with Crippen LogP contribution in [0.1, 0.15) is 117 Å². The number of aliphatic hydroxyl groups is 2. The van der Waals surface area contributed by atoms with Crippen LogP contribution in [0, 0.1) is 23.7 Å². The van der Waals surface area contributed by atoms with E-state index in [4.69, 9.17) is 0 Å². The van der Waals surface area contributed by atoms with Crippen LogP contribution < -0.4 is 5.32 Å². The lowest BCUT2D eigenvalue weighted by molar-refractivity contribution is -0.144. The molecule has 3 amide bonds. The third-order valence-electron chi connectivity index (χ3n) is 10.7. The van der Waals surface area contributed by atoms with E-state index < -0.39 is 24.2 Å². The Morgan fingerprint density at radius 3 is 2.06 bits per heavy atom. The highest BCUT2D eigenvalue weighted by Crippen LogP contribution is 2.37. The molecule has 3 N–H and O–H groups in total. The number of amides is 3. The molecule has 0 heterocycles. The Bertz CT molecular complexity index is 1100. The lowest BCUT2D eigenvalue weighted by Gasteiger charge is -2.34. The minimum atomic E-state index is -1.07. The number of carbonyl (C=O) groups excluding carboxylic acids is 3. The fourth-order valence-corrected chi connectivity index (χ4v) is 7.20. The molecular formula is C39H66N4O5. The van der Waals surface area contributed by atoms with Gasteiger partial charge in [-0.25, -0.2) is 0 Å². The Balaban J connectivity index is 1.79. The highest BCUT2D eigenvalue weighted by Gasteiger charge is 2.37. The smallest absolute Gasteiger partial charge is 0.242 e. The van der Waals surface area contributed by atoms with Gasteiger partial charge in [0.05, 0.1) is 18.2 Å². The molecule has 2 aliphatic carbocycles. The number of likely N-dealkylation sites (N-methyl/N-ethyl adjacent to an activating group) is 2. The molecule has 48 heavy (non-hydrogen) atoms. The standard InChI is InChI=1S/C39H66N4O5/c1-7-42(8-2)22-21-41(6)37(46)27-43(29(5)32-17-13-10-14-18-32)36(45)26-33(24-31-19-20-31)39(48)40-34(25-30-15-11-9-12-16-30)38(47)35(44)23-28(3)4/h10,13-14,17-18,28-31,33-35,38,44,47H,7-9,11-12,15-16,19-27H2,1-6H3,(H,40,48)/t29-,33+,34-,35-,38+/m0/s1. The van der Waals surface area contributed by atoms with E-state index in [1.165, 1.54) is 6.42 Å². The summed E-state index contributed by atoms with van der Waals surface area (Å²) in [4.78, 5) is 47.4. The molecule has 3 rings (SSSR count).